The third-order valence-electron chi connectivity index (χ3n) is 4.19. The van der Waals surface area contributed by atoms with Crippen LogP contribution in [-0.4, -0.2) is 34.6 Å². The second kappa shape index (κ2) is 8.54. The summed E-state index contributed by atoms with van der Waals surface area (Å²) in [6.45, 7) is 7.63. The maximum atomic E-state index is 12.8. The molecule has 2 atom stereocenters. The van der Waals surface area contributed by atoms with Crippen molar-refractivity contribution in [3.8, 4) is 0 Å². The summed E-state index contributed by atoms with van der Waals surface area (Å²) in [6.07, 6.45) is -3.92. The molecule has 0 aromatic heterocycles. The highest BCUT2D eigenvalue weighted by Crippen LogP contribution is 2.42. The summed E-state index contributed by atoms with van der Waals surface area (Å²) in [4.78, 5) is 26.8. The number of alkyl halides is 3. The number of benzene rings is 1. The number of rotatable bonds is 6. The minimum absolute atomic E-state index is 0.0676. The van der Waals surface area contributed by atoms with Crippen LogP contribution in [-0.2, 0) is 15.8 Å². The number of carbonyl (C=O) groups excluding carboxylic acids is 2. The quantitative estimate of drug-likeness (QED) is 0.775. The Hall–Kier alpha value is -1.70. The number of amides is 2. The first kappa shape index (κ1) is 21.6. The second-order valence-corrected chi connectivity index (χ2v) is 8.46. The molecule has 150 valence electrons. The van der Waals surface area contributed by atoms with Crippen molar-refractivity contribution in [1.29, 1.82) is 0 Å². The molecule has 1 N–H and O–H groups in total. The highest BCUT2D eigenvalue weighted by Gasteiger charge is 2.41. The molecule has 8 heteroatoms. The molecule has 1 aliphatic rings. The predicted molar refractivity (Wildman–Crippen MR) is 100 cm³/mol. The van der Waals surface area contributed by atoms with Gasteiger partial charge in [-0.1, -0.05) is 26.0 Å². The Bertz CT molecular complexity index is 675. The zero-order chi connectivity index (χ0) is 20.4. The van der Waals surface area contributed by atoms with Crippen LogP contribution >= 0.6 is 11.8 Å². The maximum Gasteiger partial charge on any atom is 0.416 e. The van der Waals surface area contributed by atoms with Crippen LogP contribution in [0.1, 0.15) is 50.6 Å². The van der Waals surface area contributed by atoms with Crippen LogP contribution < -0.4 is 5.32 Å². The lowest BCUT2D eigenvalue weighted by Gasteiger charge is -2.33. The zero-order valence-electron chi connectivity index (χ0n) is 15.8. The Kier molecular flexibility index (Phi) is 6.83. The van der Waals surface area contributed by atoms with Crippen molar-refractivity contribution in [3.63, 3.8) is 0 Å². The SMILES string of the molecule is CC(C)C[C@H](C(=O)NC(C)C)N1C(=O)CS[C@H]1c1ccc(C(F)(F)F)cc1. The predicted octanol–water partition coefficient (Wildman–Crippen LogP) is 4.22. The van der Waals surface area contributed by atoms with Gasteiger partial charge in [-0.25, -0.2) is 0 Å². The van der Waals surface area contributed by atoms with Crippen LogP contribution in [0, 0.1) is 5.92 Å². The molecule has 4 nitrogen and oxygen atoms in total. The number of nitrogens with zero attached hydrogens (tertiary/aromatic N) is 1. The fourth-order valence-corrected chi connectivity index (χ4v) is 4.27. The van der Waals surface area contributed by atoms with E-state index in [0.717, 1.165) is 12.1 Å². The van der Waals surface area contributed by atoms with E-state index in [-0.39, 0.29) is 29.5 Å². The summed E-state index contributed by atoms with van der Waals surface area (Å²) in [5, 5.41) is 2.38. The van der Waals surface area contributed by atoms with E-state index in [9.17, 15) is 22.8 Å². The average molecular weight is 402 g/mol. The first-order chi connectivity index (χ1) is 12.5. The highest BCUT2D eigenvalue weighted by molar-refractivity contribution is 8.00. The number of hydrogen-bond donors (Lipinski definition) is 1. The minimum Gasteiger partial charge on any atom is -0.352 e. The molecule has 0 saturated carbocycles. The van der Waals surface area contributed by atoms with Gasteiger partial charge in [0.2, 0.25) is 11.8 Å². The molecule has 1 saturated heterocycles. The van der Waals surface area contributed by atoms with Gasteiger partial charge < -0.3 is 10.2 Å². The summed E-state index contributed by atoms with van der Waals surface area (Å²) in [6, 6.07) is 4.09. The van der Waals surface area contributed by atoms with E-state index in [4.69, 9.17) is 0 Å². The van der Waals surface area contributed by atoms with Gasteiger partial charge in [-0.05, 0) is 43.9 Å². The molecule has 0 aliphatic carbocycles. The Morgan fingerprint density at radius 2 is 1.81 bits per heavy atom. The molecule has 1 heterocycles. The smallest absolute Gasteiger partial charge is 0.352 e. The molecule has 0 spiro atoms. The number of nitrogens with one attached hydrogen (secondary N) is 1. The van der Waals surface area contributed by atoms with Crippen molar-refractivity contribution < 1.29 is 22.8 Å². The fourth-order valence-electron chi connectivity index (χ4n) is 3.04. The molecule has 1 aromatic rings. The van der Waals surface area contributed by atoms with Gasteiger partial charge in [0.15, 0.2) is 0 Å². The van der Waals surface area contributed by atoms with Crippen LogP contribution in [0.25, 0.3) is 0 Å². The minimum atomic E-state index is -4.41. The van der Waals surface area contributed by atoms with Crippen molar-refractivity contribution in [2.75, 3.05) is 5.75 Å². The van der Waals surface area contributed by atoms with Crippen LogP contribution in [0.2, 0.25) is 0 Å². The summed E-state index contributed by atoms with van der Waals surface area (Å²) < 4.78 is 38.4. The maximum absolute atomic E-state index is 12.8. The normalized spacial score (nSPS) is 19.1. The van der Waals surface area contributed by atoms with Crippen molar-refractivity contribution in [2.45, 2.75) is 57.7 Å². The Morgan fingerprint density at radius 3 is 2.30 bits per heavy atom. The second-order valence-electron chi connectivity index (χ2n) is 7.39. The standard InChI is InChI=1S/C19H25F3N2O2S/c1-11(2)9-15(17(26)23-12(3)4)24-16(25)10-27-18(24)13-5-7-14(8-6-13)19(20,21)22/h5-8,11-12,15,18H,9-10H2,1-4H3,(H,23,26)/t15-,18+/m1/s1. The summed E-state index contributed by atoms with van der Waals surface area (Å²) >= 11 is 1.33. The van der Waals surface area contributed by atoms with Crippen LogP contribution in [0.3, 0.4) is 0 Å². The van der Waals surface area contributed by atoms with Gasteiger partial charge in [-0.3, -0.25) is 9.59 Å². The molecule has 27 heavy (non-hydrogen) atoms. The summed E-state index contributed by atoms with van der Waals surface area (Å²) in [7, 11) is 0. The van der Waals surface area contributed by atoms with E-state index < -0.39 is 23.2 Å². The first-order valence-electron chi connectivity index (χ1n) is 8.91. The molecule has 1 fully saturated rings. The number of hydrogen-bond acceptors (Lipinski definition) is 3. The molecule has 2 rings (SSSR count). The molecule has 2 amide bonds. The Morgan fingerprint density at radius 1 is 1.22 bits per heavy atom. The Balaban J connectivity index is 2.32. The number of carbonyl (C=O) groups is 2. The lowest BCUT2D eigenvalue weighted by Crippen LogP contribution is -2.50. The summed E-state index contributed by atoms with van der Waals surface area (Å²) in [5.74, 6) is -0.0182. The van der Waals surface area contributed by atoms with Crippen molar-refractivity contribution >= 4 is 23.6 Å². The van der Waals surface area contributed by atoms with Gasteiger partial charge in [-0.15, -0.1) is 11.8 Å². The number of thioether (sulfide) groups is 1. The van der Waals surface area contributed by atoms with Crippen molar-refractivity contribution in [2.24, 2.45) is 5.92 Å². The van der Waals surface area contributed by atoms with E-state index in [1.165, 1.54) is 28.8 Å². The lowest BCUT2D eigenvalue weighted by molar-refractivity contribution is -0.139. The van der Waals surface area contributed by atoms with Crippen LogP contribution in [0.5, 0.6) is 0 Å². The van der Waals surface area contributed by atoms with Gasteiger partial charge in [0, 0.05) is 6.04 Å². The van der Waals surface area contributed by atoms with Gasteiger partial charge in [0.1, 0.15) is 11.4 Å². The molecule has 0 bridgehead atoms. The van der Waals surface area contributed by atoms with Crippen molar-refractivity contribution in [3.05, 3.63) is 35.4 Å². The molecule has 0 unspecified atom stereocenters. The third kappa shape index (κ3) is 5.40. The molecule has 1 aromatic carbocycles. The largest absolute Gasteiger partial charge is 0.416 e. The topological polar surface area (TPSA) is 49.4 Å². The first-order valence-corrected chi connectivity index (χ1v) is 9.96. The molecule has 0 radical (unpaired) electrons. The van der Waals surface area contributed by atoms with Crippen LogP contribution in [0.4, 0.5) is 13.2 Å². The Labute approximate surface area is 161 Å². The monoisotopic (exact) mass is 402 g/mol. The fraction of sp³-hybridized carbons (Fsp3) is 0.579. The summed E-state index contributed by atoms with van der Waals surface area (Å²) in [5.41, 5.74) is -0.145. The average Bonchev–Trinajstić information content (AvgIpc) is 2.92. The molecular weight excluding hydrogens is 377 g/mol. The van der Waals surface area contributed by atoms with Gasteiger partial charge in [0.25, 0.3) is 0 Å². The van der Waals surface area contributed by atoms with Gasteiger partial charge in [0.05, 0.1) is 11.3 Å². The van der Waals surface area contributed by atoms with Crippen LogP contribution in [0.15, 0.2) is 24.3 Å². The van der Waals surface area contributed by atoms with Gasteiger partial charge >= 0.3 is 6.18 Å². The number of halogens is 3. The van der Waals surface area contributed by atoms with E-state index in [2.05, 4.69) is 5.32 Å². The molecular formula is C19H25F3N2O2S. The van der Waals surface area contributed by atoms with Gasteiger partial charge in [-0.2, -0.15) is 13.2 Å². The van der Waals surface area contributed by atoms with E-state index in [0.29, 0.717) is 12.0 Å². The molecule has 1 aliphatic heterocycles. The van der Waals surface area contributed by atoms with E-state index >= 15 is 0 Å². The zero-order valence-corrected chi connectivity index (χ0v) is 16.7. The van der Waals surface area contributed by atoms with E-state index in [1.807, 2.05) is 27.7 Å². The van der Waals surface area contributed by atoms with E-state index in [1.54, 1.807) is 0 Å². The highest BCUT2D eigenvalue weighted by atomic mass is 32.2. The third-order valence-corrected chi connectivity index (χ3v) is 5.42. The lowest BCUT2D eigenvalue weighted by atomic mass is 10.00. The van der Waals surface area contributed by atoms with Crippen molar-refractivity contribution in [1.82, 2.24) is 10.2 Å².